The number of hydrogen-bond donors (Lipinski definition) is 3. The van der Waals surface area contributed by atoms with Crippen molar-refractivity contribution < 1.29 is 9.59 Å². The monoisotopic (exact) mass is 227 g/mol. The summed E-state index contributed by atoms with van der Waals surface area (Å²) in [6, 6.07) is -0.810. The van der Waals surface area contributed by atoms with Gasteiger partial charge in [-0.1, -0.05) is 13.3 Å². The van der Waals surface area contributed by atoms with Crippen LogP contribution in [0.25, 0.3) is 0 Å². The van der Waals surface area contributed by atoms with Crippen LogP contribution in [-0.2, 0) is 9.59 Å². The topological polar surface area (TPSA) is 98.2 Å². The predicted molar refractivity (Wildman–Crippen MR) is 61.4 cm³/mol. The Balaban J connectivity index is 2.27. The molecule has 1 unspecified atom stereocenters. The lowest BCUT2D eigenvalue weighted by Gasteiger charge is -2.16. The molecule has 1 rings (SSSR count). The molecule has 1 aliphatic rings. The lowest BCUT2D eigenvalue weighted by Crippen LogP contribution is -2.44. The Morgan fingerprint density at radius 2 is 2.06 bits per heavy atom. The molecule has 0 radical (unpaired) electrons. The molecule has 0 saturated heterocycles. The summed E-state index contributed by atoms with van der Waals surface area (Å²) in [7, 11) is 0. The smallest absolute Gasteiger partial charge is 0.237 e. The van der Waals surface area contributed by atoms with E-state index in [0.29, 0.717) is 12.0 Å². The van der Waals surface area contributed by atoms with E-state index < -0.39 is 11.9 Å². The van der Waals surface area contributed by atoms with Crippen LogP contribution in [0.3, 0.4) is 0 Å². The highest BCUT2D eigenvalue weighted by molar-refractivity contribution is 5.87. The molecule has 1 atom stereocenters. The van der Waals surface area contributed by atoms with Crippen LogP contribution in [0.4, 0.5) is 0 Å². The molecule has 92 valence electrons. The first-order chi connectivity index (χ1) is 7.49. The molecular formula is C11H21N3O2. The highest BCUT2D eigenvalue weighted by atomic mass is 16.2. The molecule has 1 fully saturated rings. The average Bonchev–Trinajstić information content (AvgIpc) is 2.94. The second-order valence-electron chi connectivity index (χ2n) is 4.74. The van der Waals surface area contributed by atoms with E-state index >= 15 is 0 Å². The minimum atomic E-state index is -0.810. The van der Waals surface area contributed by atoms with Crippen LogP contribution in [0.5, 0.6) is 0 Å². The van der Waals surface area contributed by atoms with Crippen molar-refractivity contribution in [2.45, 2.75) is 45.1 Å². The summed E-state index contributed by atoms with van der Waals surface area (Å²) in [6.45, 7) is 2.81. The average molecular weight is 227 g/mol. The van der Waals surface area contributed by atoms with E-state index in [1.807, 2.05) is 0 Å². The van der Waals surface area contributed by atoms with Gasteiger partial charge in [-0.15, -0.1) is 0 Å². The Hall–Kier alpha value is -1.10. The highest BCUT2D eigenvalue weighted by Crippen LogP contribution is 2.48. The van der Waals surface area contributed by atoms with Crippen LogP contribution < -0.4 is 16.8 Å². The summed E-state index contributed by atoms with van der Waals surface area (Å²) >= 11 is 0. The van der Waals surface area contributed by atoms with Crippen LogP contribution in [-0.4, -0.2) is 24.4 Å². The number of carbonyl (C=O) groups is 2. The first-order valence-corrected chi connectivity index (χ1v) is 5.81. The van der Waals surface area contributed by atoms with E-state index in [4.69, 9.17) is 11.5 Å². The molecule has 0 heterocycles. The summed E-state index contributed by atoms with van der Waals surface area (Å²) in [5.41, 5.74) is 10.8. The molecular weight excluding hydrogens is 206 g/mol. The third-order valence-electron chi connectivity index (χ3n) is 3.13. The lowest BCUT2D eigenvalue weighted by atomic mass is 10.0. The number of rotatable bonds is 7. The van der Waals surface area contributed by atoms with Crippen molar-refractivity contribution in [3.05, 3.63) is 0 Å². The standard InChI is InChI=1S/C11H21N3O2/c1-2-3-11(4-5-11)7-14-10(16)8(12)6-9(13)15/h8H,2-7,12H2,1H3,(H2,13,15)(H,14,16). The molecule has 16 heavy (non-hydrogen) atoms. The minimum Gasteiger partial charge on any atom is -0.370 e. The van der Waals surface area contributed by atoms with Crippen LogP contribution in [0.15, 0.2) is 0 Å². The maximum Gasteiger partial charge on any atom is 0.237 e. The maximum atomic E-state index is 11.5. The quantitative estimate of drug-likeness (QED) is 0.565. The summed E-state index contributed by atoms with van der Waals surface area (Å²) < 4.78 is 0. The van der Waals surface area contributed by atoms with Crippen LogP contribution in [0.2, 0.25) is 0 Å². The summed E-state index contributed by atoms with van der Waals surface area (Å²) in [5, 5.41) is 2.80. The molecule has 0 aliphatic heterocycles. The number of carbonyl (C=O) groups excluding carboxylic acids is 2. The second-order valence-corrected chi connectivity index (χ2v) is 4.74. The zero-order chi connectivity index (χ0) is 12.2. The van der Waals surface area contributed by atoms with E-state index in [2.05, 4.69) is 12.2 Å². The second kappa shape index (κ2) is 5.30. The van der Waals surface area contributed by atoms with Crippen LogP contribution >= 0.6 is 0 Å². The summed E-state index contributed by atoms with van der Waals surface area (Å²) in [4.78, 5) is 22.1. The Morgan fingerprint density at radius 3 is 2.50 bits per heavy atom. The third kappa shape index (κ3) is 3.81. The highest BCUT2D eigenvalue weighted by Gasteiger charge is 2.41. The normalized spacial score (nSPS) is 18.9. The Bertz CT molecular complexity index is 274. The van der Waals surface area contributed by atoms with Gasteiger partial charge in [0.15, 0.2) is 0 Å². The van der Waals surface area contributed by atoms with Gasteiger partial charge in [-0.05, 0) is 24.7 Å². The molecule has 0 aromatic carbocycles. The van der Waals surface area contributed by atoms with Gasteiger partial charge in [0.05, 0.1) is 12.5 Å². The maximum absolute atomic E-state index is 11.5. The molecule has 0 aromatic rings. The molecule has 0 aromatic heterocycles. The van der Waals surface area contributed by atoms with Gasteiger partial charge in [0, 0.05) is 6.54 Å². The molecule has 5 N–H and O–H groups in total. The van der Waals surface area contributed by atoms with Gasteiger partial charge >= 0.3 is 0 Å². The molecule has 5 heteroatoms. The molecule has 1 aliphatic carbocycles. The van der Waals surface area contributed by atoms with Gasteiger partial charge in [0.2, 0.25) is 11.8 Å². The van der Waals surface area contributed by atoms with Crippen molar-refractivity contribution in [1.29, 1.82) is 0 Å². The molecule has 5 nitrogen and oxygen atoms in total. The predicted octanol–water partition coefficient (Wildman–Crippen LogP) is -0.114. The fraction of sp³-hybridized carbons (Fsp3) is 0.818. The zero-order valence-electron chi connectivity index (χ0n) is 9.79. The largest absolute Gasteiger partial charge is 0.370 e. The number of nitrogens with two attached hydrogens (primary N) is 2. The Labute approximate surface area is 95.9 Å². The van der Waals surface area contributed by atoms with E-state index in [1.165, 1.54) is 12.8 Å². The Morgan fingerprint density at radius 1 is 1.44 bits per heavy atom. The lowest BCUT2D eigenvalue weighted by molar-refractivity contribution is -0.126. The number of hydrogen-bond acceptors (Lipinski definition) is 3. The zero-order valence-corrected chi connectivity index (χ0v) is 9.79. The van der Waals surface area contributed by atoms with Crippen molar-refractivity contribution in [3.8, 4) is 0 Å². The SMILES string of the molecule is CCCC1(CNC(=O)C(N)CC(N)=O)CC1. The molecule has 2 amide bonds. The molecule has 0 bridgehead atoms. The molecule has 0 spiro atoms. The van der Waals surface area contributed by atoms with E-state index in [1.54, 1.807) is 0 Å². The first-order valence-electron chi connectivity index (χ1n) is 5.81. The van der Waals surface area contributed by atoms with Crippen molar-refractivity contribution in [2.75, 3.05) is 6.54 Å². The van der Waals surface area contributed by atoms with Crippen LogP contribution in [0, 0.1) is 5.41 Å². The van der Waals surface area contributed by atoms with Crippen molar-refractivity contribution in [2.24, 2.45) is 16.9 Å². The number of primary amides is 1. The van der Waals surface area contributed by atoms with Crippen molar-refractivity contribution in [1.82, 2.24) is 5.32 Å². The van der Waals surface area contributed by atoms with Gasteiger partial charge in [-0.25, -0.2) is 0 Å². The van der Waals surface area contributed by atoms with Crippen molar-refractivity contribution >= 4 is 11.8 Å². The minimum absolute atomic E-state index is 0.0907. The Kier molecular flexibility index (Phi) is 4.29. The number of amides is 2. The van der Waals surface area contributed by atoms with E-state index in [0.717, 1.165) is 12.8 Å². The third-order valence-corrected chi connectivity index (χ3v) is 3.13. The van der Waals surface area contributed by atoms with Crippen LogP contribution in [0.1, 0.15) is 39.0 Å². The fourth-order valence-electron chi connectivity index (χ4n) is 1.94. The van der Waals surface area contributed by atoms with Gasteiger partial charge in [-0.3, -0.25) is 9.59 Å². The van der Waals surface area contributed by atoms with Gasteiger partial charge in [-0.2, -0.15) is 0 Å². The first kappa shape index (κ1) is 13.0. The summed E-state index contributed by atoms with van der Waals surface area (Å²) in [5.74, 6) is -0.821. The van der Waals surface area contributed by atoms with E-state index in [9.17, 15) is 9.59 Å². The van der Waals surface area contributed by atoms with E-state index in [-0.39, 0.29) is 12.3 Å². The van der Waals surface area contributed by atoms with Crippen molar-refractivity contribution in [3.63, 3.8) is 0 Å². The van der Waals surface area contributed by atoms with Gasteiger partial charge in [0.1, 0.15) is 0 Å². The number of nitrogens with one attached hydrogen (secondary N) is 1. The fourth-order valence-corrected chi connectivity index (χ4v) is 1.94. The molecule has 1 saturated carbocycles. The van der Waals surface area contributed by atoms with Gasteiger partial charge in [0.25, 0.3) is 0 Å². The summed E-state index contributed by atoms with van der Waals surface area (Å²) in [6.07, 6.45) is 4.52. The van der Waals surface area contributed by atoms with Gasteiger partial charge < -0.3 is 16.8 Å².